The number of methoxy groups -OCH3 is 1. The summed E-state index contributed by atoms with van der Waals surface area (Å²) in [5.41, 5.74) is 3.80. The van der Waals surface area contributed by atoms with Crippen LogP contribution in [0.15, 0.2) is 41.2 Å². The Morgan fingerprint density at radius 1 is 1.15 bits per heavy atom. The molecule has 0 aromatic heterocycles. The molecule has 3 aliphatic rings. The fraction of sp³-hybridized carbons (Fsp3) is 0.333. The molecule has 41 heavy (non-hydrogen) atoms. The number of nitrogens with two attached hydrogens (primary N) is 1. The van der Waals surface area contributed by atoms with Crippen molar-refractivity contribution in [2.75, 3.05) is 21.2 Å². The Morgan fingerprint density at radius 2 is 1.83 bits per heavy atom. The number of benzene rings is 2. The average molecular weight is 563 g/mol. The van der Waals surface area contributed by atoms with Gasteiger partial charge in [0, 0.05) is 22.6 Å². The number of hydrogen-bond acceptors (Lipinski definition) is 10. The van der Waals surface area contributed by atoms with Crippen molar-refractivity contribution in [1.29, 1.82) is 0 Å². The Labute approximate surface area is 235 Å². The molecule has 11 heteroatoms. The van der Waals surface area contributed by atoms with Gasteiger partial charge in [-0.15, -0.1) is 0 Å². The SMILES string of the molecule is COc1ccc(C=O)cc1-c1cc(C)c(O)c2c1C[C@H]1C[C@H]3[C@H](N(C)C)C(=O)C(C(N)=O)=C(O)[C@@]3(O)C(=O)C1=C2O. The Balaban J connectivity index is 1.79. The molecular formula is C30H30N2O9. The van der Waals surface area contributed by atoms with Gasteiger partial charge in [-0.2, -0.15) is 0 Å². The molecule has 0 unspecified atom stereocenters. The number of aliphatic hydroxyl groups excluding tert-OH is 2. The molecule has 0 spiro atoms. The van der Waals surface area contributed by atoms with Crippen LogP contribution in [0.3, 0.4) is 0 Å². The Bertz CT molecular complexity index is 1620. The second-order valence-corrected chi connectivity index (χ2v) is 11.0. The van der Waals surface area contributed by atoms with Crippen molar-refractivity contribution >= 4 is 29.5 Å². The van der Waals surface area contributed by atoms with Gasteiger partial charge in [0.2, 0.25) is 5.78 Å². The molecule has 6 N–H and O–H groups in total. The lowest BCUT2D eigenvalue weighted by atomic mass is 9.57. The first-order valence-corrected chi connectivity index (χ1v) is 12.9. The van der Waals surface area contributed by atoms with Gasteiger partial charge in [0.25, 0.3) is 5.91 Å². The number of phenolic OH excluding ortho intramolecular Hbond substituents is 1. The number of rotatable bonds is 5. The molecule has 11 nitrogen and oxygen atoms in total. The third kappa shape index (κ3) is 3.80. The first-order chi connectivity index (χ1) is 19.3. The van der Waals surface area contributed by atoms with Crippen LogP contribution < -0.4 is 10.5 Å². The Kier molecular flexibility index (Phi) is 6.55. The number of hydrogen-bond donors (Lipinski definition) is 5. The number of primary amides is 1. The summed E-state index contributed by atoms with van der Waals surface area (Å²) < 4.78 is 5.53. The number of amides is 1. The fourth-order valence-corrected chi connectivity index (χ4v) is 6.70. The monoisotopic (exact) mass is 562 g/mol. The van der Waals surface area contributed by atoms with Crippen molar-refractivity contribution < 1.29 is 44.3 Å². The fourth-order valence-electron chi connectivity index (χ4n) is 6.70. The largest absolute Gasteiger partial charge is 0.508 e. The highest BCUT2D eigenvalue weighted by molar-refractivity contribution is 6.24. The number of fused-ring (bicyclic) bond motifs is 3. The lowest BCUT2D eigenvalue weighted by Gasteiger charge is -2.50. The molecule has 2 aromatic rings. The maximum Gasteiger partial charge on any atom is 0.255 e. The number of ketones is 2. The molecule has 0 radical (unpaired) electrons. The van der Waals surface area contributed by atoms with Gasteiger partial charge in [-0.3, -0.25) is 24.1 Å². The summed E-state index contributed by atoms with van der Waals surface area (Å²) in [6.45, 7) is 1.60. The average Bonchev–Trinajstić information content (AvgIpc) is 2.91. The zero-order chi connectivity index (χ0) is 30.1. The van der Waals surface area contributed by atoms with Gasteiger partial charge in [0.05, 0.1) is 18.7 Å². The van der Waals surface area contributed by atoms with Gasteiger partial charge in [0.15, 0.2) is 11.4 Å². The van der Waals surface area contributed by atoms with E-state index in [1.165, 1.54) is 12.0 Å². The molecule has 5 rings (SSSR count). The molecule has 0 aliphatic heterocycles. The summed E-state index contributed by atoms with van der Waals surface area (Å²) in [7, 11) is 4.55. The second-order valence-electron chi connectivity index (χ2n) is 11.0. The normalized spacial score (nSPS) is 25.6. The van der Waals surface area contributed by atoms with Crippen LogP contribution in [0.25, 0.3) is 16.9 Å². The first kappa shape index (κ1) is 28.1. The molecule has 3 aliphatic carbocycles. The molecule has 1 saturated carbocycles. The molecule has 2 aromatic carbocycles. The Morgan fingerprint density at radius 3 is 2.41 bits per heavy atom. The molecule has 4 atom stereocenters. The van der Waals surface area contributed by atoms with E-state index in [1.54, 1.807) is 45.3 Å². The minimum atomic E-state index is -2.71. The number of nitrogens with zero attached hydrogens (tertiary/aromatic N) is 1. The van der Waals surface area contributed by atoms with E-state index in [9.17, 15) is 39.6 Å². The number of aldehydes is 1. The molecule has 0 heterocycles. The highest BCUT2D eigenvalue weighted by Crippen LogP contribution is 2.54. The topological polar surface area (TPSA) is 188 Å². The van der Waals surface area contributed by atoms with E-state index in [4.69, 9.17) is 10.5 Å². The number of phenols is 1. The van der Waals surface area contributed by atoms with E-state index in [1.807, 2.05) is 0 Å². The van der Waals surface area contributed by atoms with Gasteiger partial charge in [0.1, 0.15) is 34.9 Å². The standard InChI is InChI=1S/C30H30N2O9/c1-12-7-15(16-8-13(11-33)5-6-19(16)41-4)17-9-14-10-18-23(32(2)3)26(36)22(29(31)39)28(38)30(18,40)27(37)20(14)25(35)21(17)24(12)34/h5-8,11,14,18,23,34-35,38,40H,9-10H2,1-4H3,(H2,31,39)/t14-,18-,23-,30-/m0/s1. The number of carbonyl (C=O) groups excluding carboxylic acids is 4. The highest BCUT2D eigenvalue weighted by Gasteiger charge is 2.64. The number of Topliss-reactive ketones (excluding diaryl/α,β-unsaturated/α-hetero) is 2. The van der Waals surface area contributed by atoms with Gasteiger partial charge in [-0.1, -0.05) is 0 Å². The number of aryl methyl sites for hydroxylation is 1. The molecule has 0 bridgehead atoms. The van der Waals surface area contributed by atoms with Crippen molar-refractivity contribution in [2.24, 2.45) is 17.6 Å². The van der Waals surface area contributed by atoms with E-state index in [-0.39, 0.29) is 29.7 Å². The third-order valence-corrected chi connectivity index (χ3v) is 8.56. The van der Waals surface area contributed by atoms with Gasteiger partial charge in [-0.25, -0.2) is 0 Å². The summed E-state index contributed by atoms with van der Waals surface area (Å²) in [5.74, 6) is -6.70. The van der Waals surface area contributed by atoms with E-state index in [2.05, 4.69) is 0 Å². The Hall–Kier alpha value is -4.48. The van der Waals surface area contributed by atoms with E-state index < -0.39 is 58.0 Å². The quantitative estimate of drug-likeness (QED) is 0.265. The molecule has 214 valence electrons. The van der Waals surface area contributed by atoms with Crippen LogP contribution in [0, 0.1) is 18.8 Å². The van der Waals surface area contributed by atoms with Crippen molar-refractivity contribution in [2.45, 2.75) is 31.4 Å². The van der Waals surface area contributed by atoms with Crippen LogP contribution in [0.4, 0.5) is 0 Å². The maximum absolute atomic E-state index is 14.0. The van der Waals surface area contributed by atoms with Gasteiger partial charge in [-0.05, 0) is 80.7 Å². The number of carbonyl (C=O) groups is 4. The van der Waals surface area contributed by atoms with Crippen LogP contribution in [-0.4, -0.2) is 81.9 Å². The van der Waals surface area contributed by atoms with Crippen molar-refractivity contribution in [3.8, 4) is 22.6 Å². The predicted molar refractivity (Wildman–Crippen MR) is 146 cm³/mol. The van der Waals surface area contributed by atoms with Crippen molar-refractivity contribution in [1.82, 2.24) is 4.90 Å². The van der Waals surface area contributed by atoms with Crippen LogP contribution in [0.2, 0.25) is 0 Å². The van der Waals surface area contributed by atoms with Crippen LogP contribution in [0.1, 0.15) is 33.5 Å². The van der Waals surface area contributed by atoms with Crippen LogP contribution in [-0.2, 0) is 20.8 Å². The number of likely N-dealkylation sites (N-methyl/N-ethyl adjacent to an activating group) is 1. The van der Waals surface area contributed by atoms with Crippen LogP contribution in [0.5, 0.6) is 11.5 Å². The smallest absolute Gasteiger partial charge is 0.255 e. The van der Waals surface area contributed by atoms with E-state index in [0.717, 1.165) is 0 Å². The molecule has 1 fully saturated rings. The lowest BCUT2D eigenvalue weighted by molar-refractivity contribution is -0.153. The van der Waals surface area contributed by atoms with Gasteiger partial charge >= 0.3 is 0 Å². The van der Waals surface area contributed by atoms with E-state index in [0.29, 0.717) is 39.9 Å². The van der Waals surface area contributed by atoms with Crippen molar-refractivity contribution in [3.05, 3.63) is 63.4 Å². The zero-order valence-corrected chi connectivity index (χ0v) is 22.9. The zero-order valence-electron chi connectivity index (χ0n) is 22.9. The minimum absolute atomic E-state index is 0.0325. The highest BCUT2D eigenvalue weighted by atomic mass is 16.5. The third-order valence-electron chi connectivity index (χ3n) is 8.56. The lowest BCUT2D eigenvalue weighted by Crippen LogP contribution is -2.65. The van der Waals surface area contributed by atoms with Gasteiger partial charge < -0.3 is 30.9 Å². The summed E-state index contributed by atoms with van der Waals surface area (Å²) in [5, 5.41) is 45.4. The molecule has 1 amide bonds. The first-order valence-electron chi connectivity index (χ1n) is 12.9. The predicted octanol–water partition coefficient (Wildman–Crippen LogP) is 1.76. The van der Waals surface area contributed by atoms with Crippen LogP contribution >= 0.6 is 0 Å². The second kappa shape index (κ2) is 9.57. The molecular weight excluding hydrogens is 532 g/mol. The number of aromatic hydroxyl groups is 1. The molecule has 0 saturated heterocycles. The summed E-state index contributed by atoms with van der Waals surface area (Å²) in [4.78, 5) is 52.5. The summed E-state index contributed by atoms with van der Waals surface area (Å²) >= 11 is 0. The summed E-state index contributed by atoms with van der Waals surface area (Å²) in [6, 6.07) is 5.35. The summed E-state index contributed by atoms with van der Waals surface area (Å²) in [6.07, 6.45) is 0.748. The minimum Gasteiger partial charge on any atom is -0.508 e. The number of aliphatic hydroxyl groups is 3. The number of ether oxygens (including phenoxy) is 1. The van der Waals surface area contributed by atoms with E-state index >= 15 is 0 Å². The maximum atomic E-state index is 14.0. The van der Waals surface area contributed by atoms with Crippen molar-refractivity contribution in [3.63, 3.8) is 0 Å².